The lowest BCUT2D eigenvalue weighted by Crippen LogP contribution is -2.08. The fraction of sp³-hybridized carbons (Fsp3) is 0.357. The number of halogens is 1. The summed E-state index contributed by atoms with van der Waals surface area (Å²) in [6, 6.07) is 11.4. The Morgan fingerprint density at radius 3 is 2.95 bits per heavy atom. The Bertz CT molecular complexity index is 634. The molecule has 1 aliphatic rings. The number of nitrogens with zero attached hydrogens (tertiary/aromatic N) is 4. The van der Waals surface area contributed by atoms with Crippen LogP contribution in [-0.2, 0) is 11.3 Å². The van der Waals surface area contributed by atoms with Gasteiger partial charge in [-0.3, -0.25) is 0 Å². The molecule has 0 N–H and O–H groups in total. The second kappa shape index (κ2) is 5.39. The number of nitriles is 1. The first-order valence-electron chi connectivity index (χ1n) is 6.38. The molecule has 2 aromatic rings. The highest BCUT2D eigenvalue weighted by Gasteiger charge is 2.35. The van der Waals surface area contributed by atoms with Crippen LogP contribution in [0.2, 0.25) is 0 Å². The normalized spacial score (nSPS) is 20.6. The van der Waals surface area contributed by atoms with Crippen molar-refractivity contribution in [1.29, 1.82) is 5.26 Å². The molecule has 0 radical (unpaired) electrons. The summed E-state index contributed by atoms with van der Waals surface area (Å²) in [5, 5.41) is 12.7. The summed E-state index contributed by atoms with van der Waals surface area (Å²) in [7, 11) is 0. The summed E-state index contributed by atoms with van der Waals surface area (Å²) in [5.74, 6) is 0.757. The van der Waals surface area contributed by atoms with E-state index < -0.39 is 6.17 Å². The van der Waals surface area contributed by atoms with E-state index in [1.54, 1.807) is 4.68 Å². The van der Waals surface area contributed by atoms with Crippen molar-refractivity contribution in [3.63, 3.8) is 0 Å². The van der Waals surface area contributed by atoms with Gasteiger partial charge in [-0.05, 0) is 5.56 Å². The zero-order chi connectivity index (χ0) is 13.9. The van der Waals surface area contributed by atoms with E-state index in [1.165, 1.54) is 0 Å². The van der Waals surface area contributed by atoms with Crippen LogP contribution in [0.5, 0.6) is 0 Å². The molecule has 0 saturated carbocycles. The van der Waals surface area contributed by atoms with E-state index in [4.69, 9.17) is 10.00 Å². The number of hydrogen-bond donors (Lipinski definition) is 0. The molecule has 0 fully saturated rings. The van der Waals surface area contributed by atoms with Gasteiger partial charge in [-0.15, -0.1) is 0 Å². The molecule has 2 heterocycles. The van der Waals surface area contributed by atoms with Crippen LogP contribution in [0.1, 0.15) is 35.8 Å². The number of aromatic nitrogens is 3. The predicted molar refractivity (Wildman–Crippen MR) is 68.3 cm³/mol. The van der Waals surface area contributed by atoms with Crippen LogP contribution < -0.4 is 0 Å². The van der Waals surface area contributed by atoms with Crippen molar-refractivity contribution in [2.75, 3.05) is 6.61 Å². The summed E-state index contributed by atoms with van der Waals surface area (Å²) < 4.78 is 20.7. The van der Waals surface area contributed by atoms with Gasteiger partial charge in [-0.2, -0.15) is 10.4 Å². The number of alkyl halides is 1. The molecule has 1 aromatic heterocycles. The number of ether oxygens (including phenoxy) is 1. The summed E-state index contributed by atoms with van der Waals surface area (Å²) in [4.78, 5) is 4.16. The molecule has 2 unspecified atom stereocenters. The van der Waals surface area contributed by atoms with Crippen LogP contribution in [-0.4, -0.2) is 21.4 Å². The van der Waals surface area contributed by atoms with E-state index in [0.717, 1.165) is 5.56 Å². The molecule has 0 aliphatic carbocycles. The molecule has 1 aliphatic heterocycles. The average Bonchev–Trinajstić information content (AvgIpc) is 3.01. The van der Waals surface area contributed by atoms with E-state index >= 15 is 0 Å². The largest absolute Gasteiger partial charge is 0.358 e. The zero-order valence-electron chi connectivity index (χ0n) is 10.7. The minimum absolute atomic E-state index is 0.0228. The van der Waals surface area contributed by atoms with E-state index in [0.29, 0.717) is 18.1 Å². The molecule has 2 atom stereocenters. The van der Waals surface area contributed by atoms with Gasteiger partial charge in [0, 0.05) is 6.42 Å². The smallest absolute Gasteiger partial charge is 0.176 e. The summed E-state index contributed by atoms with van der Waals surface area (Å²) in [5.41, 5.74) is 1.02. The second-order valence-corrected chi connectivity index (χ2v) is 4.61. The molecular formula is C14H13FN4O. The molecule has 6 heteroatoms. The Hall–Kier alpha value is -2.26. The molecule has 5 nitrogen and oxygen atoms in total. The maximum absolute atomic E-state index is 14.0. The Balaban J connectivity index is 1.85. The quantitative estimate of drug-likeness (QED) is 0.801. The lowest BCUT2D eigenvalue weighted by atomic mass is 10.0. The fourth-order valence-electron chi connectivity index (χ4n) is 2.43. The van der Waals surface area contributed by atoms with E-state index in [2.05, 4.69) is 10.1 Å². The third-order valence-electron chi connectivity index (χ3n) is 3.29. The lowest BCUT2D eigenvalue weighted by Gasteiger charge is -2.11. The third-order valence-corrected chi connectivity index (χ3v) is 3.29. The molecular weight excluding hydrogens is 259 g/mol. The Kier molecular flexibility index (Phi) is 3.44. The minimum atomic E-state index is -1.11. The number of rotatable bonds is 4. The average molecular weight is 272 g/mol. The van der Waals surface area contributed by atoms with Crippen molar-refractivity contribution < 1.29 is 9.13 Å². The van der Waals surface area contributed by atoms with Gasteiger partial charge in [-0.25, -0.2) is 14.1 Å². The Morgan fingerprint density at radius 1 is 1.40 bits per heavy atom. The highest BCUT2D eigenvalue weighted by atomic mass is 19.1. The predicted octanol–water partition coefficient (Wildman–Crippen LogP) is 2.32. The highest BCUT2D eigenvalue weighted by molar-refractivity contribution is 5.23. The van der Waals surface area contributed by atoms with Gasteiger partial charge in [0.1, 0.15) is 13.2 Å². The first kappa shape index (κ1) is 12.8. The third kappa shape index (κ3) is 2.28. The van der Waals surface area contributed by atoms with Crippen LogP contribution in [0, 0.1) is 11.3 Å². The van der Waals surface area contributed by atoms with E-state index in [9.17, 15) is 4.39 Å². The van der Waals surface area contributed by atoms with Gasteiger partial charge in [0.25, 0.3) is 0 Å². The molecule has 1 aromatic carbocycles. The van der Waals surface area contributed by atoms with Crippen molar-refractivity contribution in [3.8, 4) is 6.07 Å². The van der Waals surface area contributed by atoms with Crippen molar-refractivity contribution in [1.82, 2.24) is 14.8 Å². The van der Waals surface area contributed by atoms with Crippen LogP contribution >= 0.6 is 0 Å². The number of hydrogen-bond acceptors (Lipinski definition) is 4. The molecule has 102 valence electrons. The highest BCUT2D eigenvalue weighted by Crippen LogP contribution is 2.39. The van der Waals surface area contributed by atoms with Gasteiger partial charge in [0.2, 0.25) is 0 Å². The second-order valence-electron chi connectivity index (χ2n) is 4.61. The number of benzene rings is 1. The minimum Gasteiger partial charge on any atom is -0.358 e. The first-order chi connectivity index (χ1) is 9.79. The van der Waals surface area contributed by atoms with Crippen molar-refractivity contribution >= 4 is 0 Å². The Labute approximate surface area is 115 Å². The standard InChI is InChI=1S/C14H13FN4O/c15-11-8-12(10-4-2-1-3-5-10)19-14(11)17-13(18-19)9-20-7-6-16/h1-5,11-12H,7-9H2. The van der Waals surface area contributed by atoms with Crippen molar-refractivity contribution in [2.45, 2.75) is 25.2 Å². The maximum Gasteiger partial charge on any atom is 0.176 e. The van der Waals surface area contributed by atoms with Gasteiger partial charge in [0.15, 0.2) is 17.8 Å². The molecule has 0 amide bonds. The van der Waals surface area contributed by atoms with Crippen LogP contribution in [0.4, 0.5) is 4.39 Å². The van der Waals surface area contributed by atoms with E-state index in [1.807, 2.05) is 36.4 Å². The van der Waals surface area contributed by atoms with Gasteiger partial charge in [-0.1, -0.05) is 30.3 Å². The fourth-order valence-corrected chi connectivity index (χ4v) is 2.43. The molecule has 20 heavy (non-hydrogen) atoms. The lowest BCUT2D eigenvalue weighted by molar-refractivity contribution is 0.145. The van der Waals surface area contributed by atoms with E-state index in [-0.39, 0.29) is 19.3 Å². The van der Waals surface area contributed by atoms with Crippen LogP contribution in [0.3, 0.4) is 0 Å². The van der Waals surface area contributed by atoms with Crippen LogP contribution in [0.15, 0.2) is 30.3 Å². The molecule has 0 spiro atoms. The van der Waals surface area contributed by atoms with Gasteiger partial charge in [0.05, 0.1) is 12.1 Å². The van der Waals surface area contributed by atoms with Gasteiger partial charge >= 0.3 is 0 Å². The summed E-state index contributed by atoms with van der Waals surface area (Å²) in [6.45, 7) is 0.104. The van der Waals surface area contributed by atoms with Crippen molar-refractivity contribution in [2.24, 2.45) is 0 Å². The molecule has 0 saturated heterocycles. The van der Waals surface area contributed by atoms with Crippen LogP contribution in [0.25, 0.3) is 0 Å². The SMILES string of the molecule is N#CCOCc1nc2n(n1)C(c1ccccc1)CC2F. The zero-order valence-corrected chi connectivity index (χ0v) is 10.7. The van der Waals surface area contributed by atoms with Crippen molar-refractivity contribution in [3.05, 3.63) is 47.5 Å². The topological polar surface area (TPSA) is 63.7 Å². The molecule has 3 rings (SSSR count). The monoisotopic (exact) mass is 272 g/mol. The summed E-state index contributed by atoms with van der Waals surface area (Å²) >= 11 is 0. The summed E-state index contributed by atoms with van der Waals surface area (Å²) in [6.07, 6.45) is -0.754. The van der Waals surface area contributed by atoms with Gasteiger partial charge < -0.3 is 4.74 Å². The maximum atomic E-state index is 14.0. The number of fused-ring (bicyclic) bond motifs is 1. The molecule has 0 bridgehead atoms. The Morgan fingerprint density at radius 2 is 2.20 bits per heavy atom. The first-order valence-corrected chi connectivity index (χ1v) is 6.38.